The first kappa shape index (κ1) is 11.4. The molecule has 0 aromatic carbocycles. The van der Waals surface area contributed by atoms with Gasteiger partial charge in [0.15, 0.2) is 0 Å². The van der Waals surface area contributed by atoms with Crippen LogP contribution in [0, 0.1) is 0 Å². The molecule has 0 aliphatic heterocycles. The molecule has 0 amide bonds. The molecule has 0 saturated heterocycles. The van der Waals surface area contributed by atoms with E-state index in [0.29, 0.717) is 13.0 Å². The Labute approximate surface area is 84.1 Å². The molecule has 0 aliphatic rings. The predicted octanol–water partition coefficient (Wildman–Crippen LogP) is 0.821. The minimum absolute atomic E-state index is 0.240. The van der Waals surface area contributed by atoms with Gasteiger partial charge in [0.05, 0.1) is 6.61 Å². The van der Waals surface area contributed by atoms with E-state index in [1.165, 1.54) is 11.3 Å². The van der Waals surface area contributed by atoms with E-state index in [9.17, 15) is 8.78 Å². The second-order valence-electron chi connectivity index (χ2n) is 2.51. The average molecular weight is 223 g/mol. The van der Waals surface area contributed by atoms with Crippen LogP contribution in [0.25, 0.3) is 0 Å². The van der Waals surface area contributed by atoms with Gasteiger partial charge in [0, 0.05) is 13.0 Å². The van der Waals surface area contributed by atoms with Crippen molar-refractivity contribution >= 4 is 11.3 Å². The number of halogens is 2. The number of ether oxygens (including phenoxy) is 1. The number of aromatic nitrogens is 2. The molecule has 0 bridgehead atoms. The third-order valence-corrected chi connectivity index (χ3v) is 2.39. The zero-order chi connectivity index (χ0) is 10.4. The van der Waals surface area contributed by atoms with Crippen LogP contribution in [-0.4, -0.2) is 29.8 Å². The summed E-state index contributed by atoms with van der Waals surface area (Å²) in [6.45, 7) is 0.0711. The molecule has 1 aromatic heterocycles. The van der Waals surface area contributed by atoms with Crippen LogP contribution in [0.3, 0.4) is 0 Å². The normalized spacial score (nSPS) is 11.1. The minimum atomic E-state index is -2.41. The second kappa shape index (κ2) is 5.94. The monoisotopic (exact) mass is 223 g/mol. The highest BCUT2D eigenvalue weighted by molar-refractivity contribution is 7.11. The van der Waals surface area contributed by atoms with Gasteiger partial charge in [0.2, 0.25) is 0 Å². The number of alkyl halides is 2. The average Bonchev–Trinajstić information content (AvgIpc) is 2.60. The lowest BCUT2D eigenvalue weighted by molar-refractivity contribution is 0.0186. The maximum atomic E-state index is 11.7. The molecule has 1 heterocycles. The van der Waals surface area contributed by atoms with Crippen molar-refractivity contribution in [3.05, 3.63) is 10.0 Å². The zero-order valence-corrected chi connectivity index (χ0v) is 8.27. The van der Waals surface area contributed by atoms with Crippen LogP contribution in [0.4, 0.5) is 8.78 Å². The van der Waals surface area contributed by atoms with Crippen molar-refractivity contribution in [2.24, 2.45) is 5.73 Å². The number of rotatable bonds is 6. The fourth-order valence-corrected chi connectivity index (χ4v) is 1.51. The highest BCUT2D eigenvalue weighted by atomic mass is 32.1. The van der Waals surface area contributed by atoms with Crippen molar-refractivity contribution in [2.45, 2.75) is 19.4 Å². The molecule has 80 valence electrons. The van der Waals surface area contributed by atoms with Crippen molar-refractivity contribution in [1.82, 2.24) is 10.2 Å². The second-order valence-corrected chi connectivity index (χ2v) is 3.66. The first-order chi connectivity index (χ1) is 6.72. The highest BCUT2D eigenvalue weighted by Gasteiger charge is 2.04. The van der Waals surface area contributed by atoms with Gasteiger partial charge in [0.25, 0.3) is 6.43 Å². The smallest absolute Gasteiger partial charge is 0.261 e. The lowest BCUT2D eigenvalue weighted by atomic mass is 10.5. The van der Waals surface area contributed by atoms with Crippen molar-refractivity contribution in [2.75, 3.05) is 13.2 Å². The Morgan fingerprint density at radius 2 is 2.07 bits per heavy atom. The third kappa shape index (κ3) is 4.03. The Balaban J connectivity index is 2.18. The molecule has 0 unspecified atom stereocenters. The molecule has 0 aliphatic carbocycles. The largest absolute Gasteiger partial charge is 0.375 e. The summed E-state index contributed by atoms with van der Waals surface area (Å²) in [5.41, 5.74) is 5.34. The van der Waals surface area contributed by atoms with E-state index in [-0.39, 0.29) is 6.61 Å². The van der Waals surface area contributed by atoms with E-state index in [0.717, 1.165) is 10.0 Å². The molecule has 7 heteroatoms. The van der Waals surface area contributed by atoms with Gasteiger partial charge in [-0.15, -0.1) is 21.5 Å². The Morgan fingerprint density at radius 3 is 2.64 bits per heavy atom. The number of nitrogens with two attached hydrogens (primary N) is 1. The maximum absolute atomic E-state index is 11.7. The molecule has 4 nitrogen and oxygen atoms in total. The van der Waals surface area contributed by atoms with E-state index >= 15 is 0 Å². The van der Waals surface area contributed by atoms with Crippen molar-refractivity contribution in [3.8, 4) is 0 Å². The van der Waals surface area contributed by atoms with Gasteiger partial charge in [-0.05, 0) is 0 Å². The standard InChI is InChI=1S/C7H11F2N3OS/c8-5(9)4-13-2-1-6-11-12-7(3-10)14-6/h5H,1-4,10H2. The summed E-state index contributed by atoms with van der Waals surface area (Å²) < 4.78 is 28.0. The molecule has 1 aromatic rings. The van der Waals surface area contributed by atoms with Crippen LogP contribution in [0.1, 0.15) is 10.0 Å². The topological polar surface area (TPSA) is 61.0 Å². The first-order valence-corrected chi connectivity index (χ1v) is 4.91. The van der Waals surface area contributed by atoms with Crippen molar-refractivity contribution in [1.29, 1.82) is 0 Å². The molecular formula is C7H11F2N3OS. The molecule has 0 radical (unpaired) electrons. The van der Waals surface area contributed by atoms with E-state index in [1.54, 1.807) is 0 Å². The zero-order valence-electron chi connectivity index (χ0n) is 7.45. The molecule has 14 heavy (non-hydrogen) atoms. The van der Waals surface area contributed by atoms with Crippen molar-refractivity contribution < 1.29 is 13.5 Å². The van der Waals surface area contributed by atoms with Crippen LogP contribution in [0.2, 0.25) is 0 Å². The Hall–Kier alpha value is -0.660. The molecule has 2 N–H and O–H groups in total. The fraction of sp³-hybridized carbons (Fsp3) is 0.714. The lowest BCUT2D eigenvalue weighted by Crippen LogP contribution is -2.06. The lowest BCUT2D eigenvalue weighted by Gasteiger charge is -2.00. The summed E-state index contributed by atoms with van der Waals surface area (Å²) in [5.74, 6) is 0. The number of hydrogen-bond acceptors (Lipinski definition) is 5. The Bertz CT molecular complexity index is 269. The van der Waals surface area contributed by atoms with Crippen LogP contribution in [0.15, 0.2) is 0 Å². The van der Waals surface area contributed by atoms with Crippen LogP contribution in [-0.2, 0) is 17.7 Å². The molecule has 0 spiro atoms. The van der Waals surface area contributed by atoms with Gasteiger partial charge < -0.3 is 10.5 Å². The van der Waals surface area contributed by atoms with Gasteiger partial charge in [0.1, 0.15) is 16.6 Å². The number of nitrogens with zero attached hydrogens (tertiary/aromatic N) is 2. The number of hydrogen-bond donors (Lipinski definition) is 1. The highest BCUT2D eigenvalue weighted by Crippen LogP contribution is 2.09. The SMILES string of the molecule is NCc1nnc(CCOCC(F)F)s1. The fourth-order valence-electron chi connectivity index (χ4n) is 0.804. The molecule has 0 fully saturated rings. The predicted molar refractivity (Wildman–Crippen MR) is 48.3 cm³/mol. The van der Waals surface area contributed by atoms with Gasteiger partial charge in [-0.1, -0.05) is 0 Å². The Morgan fingerprint density at radius 1 is 1.36 bits per heavy atom. The van der Waals surface area contributed by atoms with Crippen LogP contribution in [0.5, 0.6) is 0 Å². The van der Waals surface area contributed by atoms with Crippen molar-refractivity contribution in [3.63, 3.8) is 0 Å². The van der Waals surface area contributed by atoms with Crippen LogP contribution < -0.4 is 5.73 Å². The van der Waals surface area contributed by atoms with Gasteiger partial charge in [-0.3, -0.25) is 0 Å². The van der Waals surface area contributed by atoms with E-state index in [2.05, 4.69) is 10.2 Å². The summed E-state index contributed by atoms with van der Waals surface area (Å²) >= 11 is 1.38. The summed E-state index contributed by atoms with van der Waals surface area (Å²) in [4.78, 5) is 0. The third-order valence-electron chi connectivity index (χ3n) is 1.39. The molecular weight excluding hydrogens is 212 g/mol. The van der Waals surface area contributed by atoms with E-state index < -0.39 is 13.0 Å². The minimum Gasteiger partial charge on any atom is -0.375 e. The maximum Gasteiger partial charge on any atom is 0.261 e. The summed E-state index contributed by atoms with van der Waals surface area (Å²) in [5, 5.41) is 9.12. The Kier molecular flexibility index (Phi) is 4.85. The molecule has 0 saturated carbocycles. The van der Waals surface area contributed by atoms with Crippen LogP contribution >= 0.6 is 11.3 Å². The first-order valence-electron chi connectivity index (χ1n) is 4.09. The molecule has 0 atom stereocenters. The quantitative estimate of drug-likeness (QED) is 0.725. The summed E-state index contributed by atoms with van der Waals surface area (Å²) in [6.07, 6.45) is -1.91. The summed E-state index contributed by atoms with van der Waals surface area (Å²) in [7, 11) is 0. The van der Waals surface area contributed by atoms with Gasteiger partial charge >= 0.3 is 0 Å². The van der Waals surface area contributed by atoms with E-state index in [4.69, 9.17) is 10.5 Å². The van der Waals surface area contributed by atoms with Gasteiger partial charge in [-0.25, -0.2) is 8.78 Å². The van der Waals surface area contributed by atoms with Gasteiger partial charge in [-0.2, -0.15) is 0 Å². The summed E-state index contributed by atoms with van der Waals surface area (Å²) in [6, 6.07) is 0. The van der Waals surface area contributed by atoms with E-state index in [1.807, 2.05) is 0 Å². The molecule has 1 rings (SSSR count).